The van der Waals surface area contributed by atoms with Crippen LogP contribution >= 0.6 is 11.8 Å². The summed E-state index contributed by atoms with van der Waals surface area (Å²) in [6.07, 6.45) is 1.87. The molecule has 4 aromatic rings. The summed E-state index contributed by atoms with van der Waals surface area (Å²) in [6, 6.07) is 12.4. The Labute approximate surface area is 179 Å². The lowest BCUT2D eigenvalue weighted by atomic mass is 10.1. The van der Waals surface area contributed by atoms with Gasteiger partial charge in [0.25, 0.3) is 11.1 Å². The third-order valence-corrected chi connectivity index (χ3v) is 5.39. The van der Waals surface area contributed by atoms with Gasteiger partial charge in [-0.1, -0.05) is 42.1 Å². The van der Waals surface area contributed by atoms with Gasteiger partial charge in [-0.05, 0) is 23.8 Å². The fourth-order valence-electron chi connectivity index (χ4n) is 3.10. The minimum Gasteiger partial charge on any atom is -0.480 e. The fourth-order valence-corrected chi connectivity index (χ4v) is 3.67. The zero-order chi connectivity index (χ0) is 21.8. The molecule has 0 fully saturated rings. The number of aliphatic carboxylic acids is 1. The van der Waals surface area contributed by atoms with Gasteiger partial charge in [-0.15, -0.1) is 10.2 Å². The van der Waals surface area contributed by atoms with Gasteiger partial charge in [0.2, 0.25) is 5.91 Å². The third-order valence-electron chi connectivity index (χ3n) is 4.57. The summed E-state index contributed by atoms with van der Waals surface area (Å²) >= 11 is 0.940. The lowest BCUT2D eigenvalue weighted by Gasteiger charge is -2.13. The van der Waals surface area contributed by atoms with Crippen molar-refractivity contribution in [1.82, 2.24) is 20.5 Å². The zero-order valence-corrected chi connectivity index (χ0v) is 16.9. The zero-order valence-electron chi connectivity index (χ0n) is 16.0. The van der Waals surface area contributed by atoms with Crippen LogP contribution < -0.4 is 5.32 Å². The van der Waals surface area contributed by atoms with Crippen molar-refractivity contribution in [2.24, 2.45) is 0 Å². The number of carboxylic acid groups (broad SMARTS) is 1. The van der Waals surface area contributed by atoms with Crippen LogP contribution in [0.3, 0.4) is 0 Å². The maximum Gasteiger partial charge on any atom is 0.326 e. The van der Waals surface area contributed by atoms with Gasteiger partial charge in [-0.3, -0.25) is 4.79 Å². The van der Waals surface area contributed by atoms with Crippen molar-refractivity contribution in [3.8, 4) is 11.5 Å². The minimum absolute atomic E-state index is 0.00348. The van der Waals surface area contributed by atoms with Crippen LogP contribution in [-0.2, 0) is 16.0 Å². The summed E-state index contributed by atoms with van der Waals surface area (Å²) in [6.45, 7) is 0. The molecule has 8 nitrogen and oxygen atoms in total. The number of benzene rings is 2. The molecule has 1 atom stereocenters. The monoisotopic (exact) mass is 440 g/mol. The van der Waals surface area contributed by atoms with Gasteiger partial charge < -0.3 is 19.8 Å². The second kappa shape index (κ2) is 9.00. The van der Waals surface area contributed by atoms with E-state index >= 15 is 0 Å². The van der Waals surface area contributed by atoms with Crippen LogP contribution in [-0.4, -0.2) is 44.0 Å². The second-order valence-corrected chi connectivity index (χ2v) is 7.59. The van der Waals surface area contributed by atoms with Crippen molar-refractivity contribution in [2.45, 2.75) is 17.7 Å². The van der Waals surface area contributed by atoms with Crippen LogP contribution in [0.4, 0.5) is 4.39 Å². The quantitative estimate of drug-likeness (QED) is 0.360. The highest BCUT2D eigenvalue weighted by atomic mass is 32.2. The Hall–Kier alpha value is -3.66. The molecule has 0 saturated heterocycles. The summed E-state index contributed by atoms with van der Waals surface area (Å²) in [4.78, 5) is 27.0. The van der Waals surface area contributed by atoms with Crippen LogP contribution in [0.5, 0.6) is 0 Å². The van der Waals surface area contributed by atoms with E-state index in [9.17, 15) is 19.1 Å². The number of amides is 1. The summed E-state index contributed by atoms with van der Waals surface area (Å²) in [5.74, 6) is -2.26. The van der Waals surface area contributed by atoms with Crippen molar-refractivity contribution in [3.63, 3.8) is 0 Å². The van der Waals surface area contributed by atoms with E-state index in [0.29, 0.717) is 0 Å². The summed E-state index contributed by atoms with van der Waals surface area (Å²) in [5, 5.41) is 20.6. The Morgan fingerprint density at radius 2 is 1.94 bits per heavy atom. The number of rotatable bonds is 8. The minimum atomic E-state index is -1.14. The molecule has 2 aromatic heterocycles. The largest absolute Gasteiger partial charge is 0.480 e. The molecule has 0 radical (unpaired) electrons. The van der Waals surface area contributed by atoms with Crippen molar-refractivity contribution < 1.29 is 23.5 Å². The molecule has 1 unspecified atom stereocenters. The molecule has 0 aliphatic rings. The van der Waals surface area contributed by atoms with Crippen LogP contribution in [0.1, 0.15) is 5.56 Å². The molecule has 158 valence electrons. The smallest absolute Gasteiger partial charge is 0.326 e. The Balaban J connectivity index is 1.37. The Kier molecular flexibility index (Phi) is 5.99. The lowest BCUT2D eigenvalue weighted by Crippen LogP contribution is -2.43. The number of H-pyrrole nitrogens is 1. The van der Waals surface area contributed by atoms with E-state index in [0.717, 1.165) is 28.2 Å². The predicted octanol–water partition coefficient (Wildman–Crippen LogP) is 3.26. The maximum atomic E-state index is 13.8. The molecule has 0 aliphatic carbocycles. The average molecular weight is 440 g/mol. The lowest BCUT2D eigenvalue weighted by molar-refractivity contribution is -0.141. The number of fused-ring (bicyclic) bond motifs is 1. The number of carbonyl (C=O) groups excluding carboxylic acids is 1. The first kappa shape index (κ1) is 20.6. The van der Waals surface area contributed by atoms with Gasteiger partial charge in [0.05, 0.1) is 11.3 Å². The number of hydrogen-bond donors (Lipinski definition) is 3. The summed E-state index contributed by atoms with van der Waals surface area (Å²) in [7, 11) is 0. The van der Waals surface area contributed by atoms with E-state index in [1.165, 1.54) is 12.1 Å². The first-order chi connectivity index (χ1) is 15.0. The van der Waals surface area contributed by atoms with Gasteiger partial charge in [-0.2, -0.15) is 0 Å². The maximum absolute atomic E-state index is 13.8. The molecule has 2 aromatic carbocycles. The van der Waals surface area contributed by atoms with Crippen molar-refractivity contribution in [3.05, 3.63) is 66.1 Å². The standard InChI is InChI=1S/C21H17FN4O4S/c22-15-7-3-1-6-14(15)19-25-26-21(30-19)31-11-18(27)24-17(20(28)29)9-12-10-23-16-8-4-2-5-13(12)16/h1-8,10,17,23H,9,11H2,(H,24,27)(H,28,29). The molecule has 31 heavy (non-hydrogen) atoms. The number of carboxylic acids is 1. The number of para-hydroxylation sites is 1. The Morgan fingerprint density at radius 1 is 1.16 bits per heavy atom. The first-order valence-electron chi connectivity index (χ1n) is 9.29. The van der Waals surface area contributed by atoms with Crippen LogP contribution in [0, 0.1) is 5.82 Å². The van der Waals surface area contributed by atoms with E-state index in [1.807, 2.05) is 24.3 Å². The fraction of sp³-hybridized carbons (Fsp3) is 0.143. The summed E-state index contributed by atoms with van der Waals surface area (Å²) < 4.78 is 19.2. The Bertz CT molecular complexity index is 1240. The average Bonchev–Trinajstić information content (AvgIpc) is 3.39. The molecule has 3 N–H and O–H groups in total. The molecule has 10 heteroatoms. The van der Waals surface area contributed by atoms with Gasteiger partial charge in [0.1, 0.15) is 11.9 Å². The van der Waals surface area contributed by atoms with E-state index in [1.54, 1.807) is 18.3 Å². The van der Waals surface area contributed by atoms with E-state index < -0.39 is 23.7 Å². The van der Waals surface area contributed by atoms with Crippen LogP contribution in [0.2, 0.25) is 0 Å². The van der Waals surface area contributed by atoms with Crippen LogP contribution in [0.15, 0.2) is 64.4 Å². The van der Waals surface area contributed by atoms with Crippen LogP contribution in [0.25, 0.3) is 22.4 Å². The molecular weight excluding hydrogens is 423 g/mol. The number of aromatic amines is 1. The van der Waals surface area contributed by atoms with E-state index in [2.05, 4.69) is 20.5 Å². The highest BCUT2D eigenvalue weighted by Gasteiger charge is 2.22. The normalized spacial score (nSPS) is 12.0. The number of carbonyl (C=O) groups is 2. The number of hydrogen-bond acceptors (Lipinski definition) is 6. The molecular formula is C21H17FN4O4S. The third kappa shape index (κ3) is 4.75. The first-order valence-corrected chi connectivity index (χ1v) is 10.3. The van der Waals surface area contributed by atoms with E-state index in [-0.39, 0.29) is 28.9 Å². The number of nitrogens with zero attached hydrogens (tertiary/aromatic N) is 2. The van der Waals surface area contributed by atoms with Crippen molar-refractivity contribution in [2.75, 3.05) is 5.75 Å². The summed E-state index contributed by atoms with van der Waals surface area (Å²) in [5.41, 5.74) is 1.85. The molecule has 0 saturated carbocycles. The van der Waals surface area contributed by atoms with E-state index in [4.69, 9.17) is 4.42 Å². The predicted molar refractivity (Wildman–Crippen MR) is 112 cm³/mol. The number of halogens is 1. The molecule has 4 rings (SSSR count). The molecule has 0 aliphatic heterocycles. The SMILES string of the molecule is O=C(CSc1nnc(-c2ccccc2F)o1)NC(Cc1c[nH]c2ccccc12)C(=O)O. The van der Waals surface area contributed by atoms with Gasteiger partial charge in [0, 0.05) is 23.5 Å². The highest BCUT2D eigenvalue weighted by molar-refractivity contribution is 7.99. The molecule has 0 spiro atoms. The topological polar surface area (TPSA) is 121 Å². The molecule has 2 heterocycles. The van der Waals surface area contributed by atoms with Gasteiger partial charge in [-0.25, -0.2) is 9.18 Å². The molecule has 1 amide bonds. The van der Waals surface area contributed by atoms with Crippen molar-refractivity contribution >= 4 is 34.5 Å². The van der Waals surface area contributed by atoms with Crippen molar-refractivity contribution in [1.29, 1.82) is 0 Å². The highest BCUT2D eigenvalue weighted by Crippen LogP contribution is 2.25. The van der Waals surface area contributed by atoms with Gasteiger partial charge in [0.15, 0.2) is 0 Å². The second-order valence-electron chi connectivity index (χ2n) is 6.66. The van der Waals surface area contributed by atoms with Gasteiger partial charge >= 0.3 is 5.97 Å². The number of aromatic nitrogens is 3. The number of thioether (sulfide) groups is 1. The molecule has 0 bridgehead atoms. The Morgan fingerprint density at radius 3 is 2.74 bits per heavy atom. The number of nitrogens with one attached hydrogen (secondary N) is 2.